The van der Waals surface area contributed by atoms with Crippen molar-refractivity contribution in [2.24, 2.45) is 4.99 Å². The summed E-state index contributed by atoms with van der Waals surface area (Å²) in [5.74, 6) is -0.145. The van der Waals surface area contributed by atoms with Gasteiger partial charge in [-0.05, 0) is 36.4 Å². The summed E-state index contributed by atoms with van der Waals surface area (Å²) in [6.45, 7) is 0. The summed E-state index contributed by atoms with van der Waals surface area (Å²) in [6, 6.07) is 9.35. The lowest BCUT2D eigenvalue weighted by Crippen LogP contribution is -2.06. The lowest BCUT2D eigenvalue weighted by Gasteiger charge is -2.04. The van der Waals surface area contributed by atoms with Crippen LogP contribution in [0.1, 0.15) is 11.1 Å². The summed E-state index contributed by atoms with van der Waals surface area (Å²) in [5, 5.41) is 11.0. The molecule has 0 radical (unpaired) electrons. The summed E-state index contributed by atoms with van der Waals surface area (Å²) in [7, 11) is 1.51. The molecule has 0 bridgehead atoms. The number of methoxy groups -OCH3 is 1. The lowest BCUT2D eigenvalue weighted by molar-refractivity contribution is -0.384. The zero-order chi connectivity index (χ0) is 18.8. The van der Waals surface area contributed by atoms with Crippen molar-refractivity contribution in [3.8, 4) is 5.75 Å². The third kappa shape index (κ3) is 3.61. The van der Waals surface area contributed by atoms with Gasteiger partial charge in [0.15, 0.2) is 5.70 Å². The number of hydrogen-bond donors (Lipinski definition) is 0. The number of nitro benzene ring substituents is 1. The van der Waals surface area contributed by atoms with Crippen LogP contribution in [-0.2, 0) is 9.53 Å². The van der Waals surface area contributed by atoms with Gasteiger partial charge in [0.05, 0.1) is 12.0 Å². The number of halogens is 2. The van der Waals surface area contributed by atoms with Crippen LogP contribution in [0.5, 0.6) is 5.75 Å². The van der Waals surface area contributed by atoms with E-state index >= 15 is 0 Å². The first-order valence-corrected chi connectivity index (χ1v) is 8.36. The van der Waals surface area contributed by atoms with E-state index in [1.165, 1.54) is 31.4 Å². The molecule has 1 aliphatic rings. The number of ether oxygens (including phenoxy) is 2. The Morgan fingerprint density at radius 2 is 2.08 bits per heavy atom. The number of esters is 1. The molecule has 26 heavy (non-hydrogen) atoms. The fraction of sp³-hybridized carbons (Fsp3) is 0.0588. The van der Waals surface area contributed by atoms with E-state index in [1.54, 1.807) is 18.2 Å². The molecule has 3 rings (SSSR count). The number of carbonyl (C=O) groups is 1. The molecule has 0 N–H and O–H groups in total. The van der Waals surface area contributed by atoms with E-state index in [0.29, 0.717) is 11.3 Å². The zero-order valence-electron chi connectivity index (χ0n) is 13.2. The van der Waals surface area contributed by atoms with Gasteiger partial charge in [-0.1, -0.05) is 27.5 Å². The Bertz CT molecular complexity index is 987. The Balaban J connectivity index is 2.01. The van der Waals surface area contributed by atoms with E-state index < -0.39 is 10.9 Å². The highest BCUT2D eigenvalue weighted by Crippen LogP contribution is 2.29. The predicted octanol–water partition coefficient (Wildman–Crippen LogP) is 4.36. The second-order valence-electron chi connectivity index (χ2n) is 5.15. The first-order valence-electron chi connectivity index (χ1n) is 7.19. The van der Waals surface area contributed by atoms with Crippen molar-refractivity contribution in [2.75, 3.05) is 7.11 Å². The van der Waals surface area contributed by atoms with Gasteiger partial charge in [0.1, 0.15) is 10.8 Å². The minimum Gasteiger partial charge on any atom is -0.496 e. The highest BCUT2D eigenvalue weighted by atomic mass is 79.9. The first kappa shape index (κ1) is 18.1. The summed E-state index contributed by atoms with van der Waals surface area (Å²) in [4.78, 5) is 26.6. The molecule has 0 atom stereocenters. The number of benzene rings is 2. The van der Waals surface area contributed by atoms with Crippen molar-refractivity contribution in [1.29, 1.82) is 0 Å². The molecular formula is C17H10BrClN2O5. The molecule has 1 heterocycles. The van der Waals surface area contributed by atoms with Crippen LogP contribution in [0, 0.1) is 10.1 Å². The molecule has 1 aliphatic heterocycles. The number of nitrogens with zero attached hydrogens (tertiary/aromatic N) is 2. The summed E-state index contributed by atoms with van der Waals surface area (Å²) in [6.07, 6.45) is 1.52. The average Bonchev–Trinajstić information content (AvgIpc) is 2.96. The molecule has 2 aromatic rings. The summed E-state index contributed by atoms with van der Waals surface area (Å²) in [5.41, 5.74) is 0.656. The van der Waals surface area contributed by atoms with E-state index in [-0.39, 0.29) is 27.9 Å². The Labute approximate surface area is 161 Å². The molecule has 0 fully saturated rings. The van der Waals surface area contributed by atoms with E-state index in [1.807, 2.05) is 0 Å². The number of hydrogen-bond acceptors (Lipinski definition) is 6. The topological polar surface area (TPSA) is 91.0 Å². The van der Waals surface area contributed by atoms with Gasteiger partial charge in [0.25, 0.3) is 5.69 Å². The van der Waals surface area contributed by atoms with Gasteiger partial charge in [0, 0.05) is 21.7 Å². The van der Waals surface area contributed by atoms with E-state index in [9.17, 15) is 14.9 Å². The fourth-order valence-electron chi connectivity index (χ4n) is 2.28. The molecule has 0 spiro atoms. The van der Waals surface area contributed by atoms with Crippen LogP contribution >= 0.6 is 27.5 Å². The Hall–Kier alpha value is -2.71. The quantitative estimate of drug-likeness (QED) is 0.307. The van der Waals surface area contributed by atoms with Crippen LogP contribution in [0.2, 0.25) is 5.02 Å². The van der Waals surface area contributed by atoms with Crippen LogP contribution in [0.4, 0.5) is 5.69 Å². The minimum absolute atomic E-state index is 0.0155. The van der Waals surface area contributed by atoms with Gasteiger partial charge in [-0.25, -0.2) is 9.79 Å². The zero-order valence-corrected chi connectivity index (χ0v) is 15.6. The SMILES string of the molecule is COc1ccc(Br)cc1C=C1N=C(c2ccc(Cl)c([N+](=O)[O-])c2)OC1=O. The molecule has 0 saturated heterocycles. The molecule has 2 aromatic carbocycles. The monoisotopic (exact) mass is 436 g/mol. The predicted molar refractivity (Wildman–Crippen MR) is 99.4 cm³/mol. The molecule has 0 unspecified atom stereocenters. The van der Waals surface area contributed by atoms with Crippen LogP contribution in [-0.4, -0.2) is 23.9 Å². The molecule has 0 saturated carbocycles. The number of carbonyl (C=O) groups excluding carboxylic acids is 1. The normalized spacial score (nSPS) is 15.0. The molecule has 0 aromatic heterocycles. The van der Waals surface area contributed by atoms with Crippen LogP contribution in [0.25, 0.3) is 6.08 Å². The van der Waals surface area contributed by atoms with Gasteiger partial charge in [-0.15, -0.1) is 0 Å². The average molecular weight is 438 g/mol. The van der Waals surface area contributed by atoms with Gasteiger partial charge in [-0.2, -0.15) is 0 Å². The highest BCUT2D eigenvalue weighted by molar-refractivity contribution is 9.10. The number of aliphatic imine (C=N–C) groups is 1. The maximum absolute atomic E-state index is 12.1. The third-order valence-electron chi connectivity index (χ3n) is 3.49. The van der Waals surface area contributed by atoms with Crippen LogP contribution in [0.3, 0.4) is 0 Å². The minimum atomic E-state index is -0.667. The van der Waals surface area contributed by atoms with E-state index in [0.717, 1.165) is 4.47 Å². The van der Waals surface area contributed by atoms with Crippen molar-refractivity contribution in [2.45, 2.75) is 0 Å². The van der Waals surface area contributed by atoms with Crippen molar-refractivity contribution in [1.82, 2.24) is 0 Å². The van der Waals surface area contributed by atoms with Crippen molar-refractivity contribution in [3.63, 3.8) is 0 Å². The van der Waals surface area contributed by atoms with E-state index in [2.05, 4.69) is 20.9 Å². The smallest absolute Gasteiger partial charge is 0.363 e. The van der Waals surface area contributed by atoms with Gasteiger partial charge in [0.2, 0.25) is 5.90 Å². The standard InChI is InChI=1S/C17H10BrClN2O5/c1-25-15-5-3-11(18)6-10(15)7-13-17(22)26-16(20-13)9-2-4-12(19)14(8-9)21(23)24/h2-8H,1H3. The molecule has 0 amide bonds. The Morgan fingerprint density at radius 3 is 2.77 bits per heavy atom. The molecule has 0 aliphatic carbocycles. The van der Waals surface area contributed by atoms with Crippen molar-refractivity contribution >= 4 is 51.2 Å². The van der Waals surface area contributed by atoms with Gasteiger partial charge < -0.3 is 9.47 Å². The third-order valence-corrected chi connectivity index (χ3v) is 4.31. The molecule has 9 heteroatoms. The number of rotatable bonds is 4. The number of nitro groups is 1. The first-order chi connectivity index (χ1) is 12.4. The van der Waals surface area contributed by atoms with Crippen LogP contribution < -0.4 is 4.74 Å². The summed E-state index contributed by atoms with van der Waals surface area (Å²) >= 11 is 9.15. The second-order valence-corrected chi connectivity index (χ2v) is 6.47. The highest BCUT2D eigenvalue weighted by Gasteiger charge is 2.26. The number of cyclic esters (lactones) is 1. The Kier molecular flexibility index (Phi) is 5.06. The maximum atomic E-state index is 12.1. The lowest BCUT2D eigenvalue weighted by atomic mass is 10.1. The largest absolute Gasteiger partial charge is 0.496 e. The Morgan fingerprint density at radius 1 is 1.31 bits per heavy atom. The summed E-state index contributed by atoms with van der Waals surface area (Å²) < 4.78 is 11.2. The second kappa shape index (κ2) is 7.27. The van der Waals surface area contributed by atoms with Crippen molar-refractivity contribution < 1.29 is 19.2 Å². The van der Waals surface area contributed by atoms with Crippen LogP contribution in [0.15, 0.2) is 51.6 Å². The molecular weight excluding hydrogens is 428 g/mol. The molecule has 132 valence electrons. The molecule has 7 nitrogen and oxygen atoms in total. The van der Waals surface area contributed by atoms with Gasteiger partial charge in [-0.3, -0.25) is 10.1 Å². The maximum Gasteiger partial charge on any atom is 0.363 e. The van der Waals surface area contributed by atoms with Crippen molar-refractivity contribution in [3.05, 3.63) is 72.8 Å². The van der Waals surface area contributed by atoms with Gasteiger partial charge >= 0.3 is 5.97 Å². The van der Waals surface area contributed by atoms with E-state index in [4.69, 9.17) is 21.1 Å². The fourth-order valence-corrected chi connectivity index (χ4v) is 2.85.